The first-order chi connectivity index (χ1) is 11.1. The number of amides is 2. The van der Waals surface area contributed by atoms with Crippen molar-refractivity contribution in [2.24, 2.45) is 0 Å². The predicted octanol–water partition coefficient (Wildman–Crippen LogP) is 1.38. The molecule has 0 spiro atoms. The molecule has 1 atom stereocenters. The molecule has 122 valence electrons. The lowest BCUT2D eigenvalue weighted by Crippen LogP contribution is -3.11. The Morgan fingerprint density at radius 2 is 1.96 bits per heavy atom. The van der Waals surface area contributed by atoms with E-state index in [-0.39, 0.29) is 11.8 Å². The zero-order chi connectivity index (χ0) is 16.7. The zero-order valence-corrected chi connectivity index (χ0v) is 15.2. The highest BCUT2D eigenvalue weighted by molar-refractivity contribution is 9.10. The summed E-state index contributed by atoms with van der Waals surface area (Å²) in [4.78, 5) is 26.4. The van der Waals surface area contributed by atoms with Crippen LogP contribution in [0.2, 0.25) is 0 Å². The minimum Gasteiger partial charge on any atom is -0.323 e. The normalized spacial score (nSPS) is 11.7. The van der Waals surface area contributed by atoms with Gasteiger partial charge in [-0.2, -0.15) is 0 Å². The maximum atomic E-state index is 12.0. The molecular formula is C16H19BrN3O2S+. The third-order valence-electron chi connectivity index (χ3n) is 3.35. The maximum absolute atomic E-state index is 12.0. The molecule has 0 fully saturated rings. The fraction of sp³-hybridized carbons (Fsp3) is 0.250. The van der Waals surface area contributed by atoms with Crippen LogP contribution in [-0.4, -0.2) is 24.9 Å². The lowest BCUT2D eigenvalue weighted by Gasteiger charge is -2.16. The smallest absolute Gasteiger partial charge is 0.293 e. The molecule has 0 saturated heterocycles. The predicted molar refractivity (Wildman–Crippen MR) is 94.1 cm³/mol. The minimum absolute atomic E-state index is 0.209. The van der Waals surface area contributed by atoms with Crippen molar-refractivity contribution >= 4 is 39.1 Å². The molecule has 23 heavy (non-hydrogen) atoms. The van der Waals surface area contributed by atoms with Gasteiger partial charge in [0, 0.05) is 4.47 Å². The number of hydrogen-bond donors (Lipinski definition) is 3. The van der Waals surface area contributed by atoms with Crippen LogP contribution >= 0.6 is 27.3 Å². The fourth-order valence-electron chi connectivity index (χ4n) is 2.08. The number of likely N-dealkylation sites (N-methyl/N-ethyl adjacent to an activating group) is 1. The highest BCUT2D eigenvalue weighted by Gasteiger charge is 2.15. The van der Waals surface area contributed by atoms with E-state index in [0.717, 1.165) is 18.0 Å². The molecule has 0 radical (unpaired) electrons. The van der Waals surface area contributed by atoms with Crippen LogP contribution in [0.4, 0.5) is 0 Å². The third kappa shape index (κ3) is 5.46. The maximum Gasteiger partial charge on any atom is 0.293 e. The van der Waals surface area contributed by atoms with Gasteiger partial charge in [0.1, 0.15) is 6.54 Å². The van der Waals surface area contributed by atoms with Crippen LogP contribution in [-0.2, 0) is 11.3 Å². The largest absolute Gasteiger partial charge is 0.323 e. The van der Waals surface area contributed by atoms with Gasteiger partial charge in [-0.1, -0.05) is 18.2 Å². The average Bonchev–Trinajstić information content (AvgIpc) is 3.05. The van der Waals surface area contributed by atoms with Crippen molar-refractivity contribution in [1.82, 2.24) is 10.9 Å². The highest BCUT2D eigenvalue weighted by atomic mass is 79.9. The number of hydrogen-bond acceptors (Lipinski definition) is 3. The van der Waals surface area contributed by atoms with E-state index >= 15 is 0 Å². The Bertz CT molecular complexity index is 661. The van der Waals surface area contributed by atoms with Crippen molar-refractivity contribution in [3.63, 3.8) is 0 Å². The number of carbonyl (C=O) groups is 2. The number of benzene rings is 1. The molecule has 2 amide bonds. The van der Waals surface area contributed by atoms with Gasteiger partial charge in [0.15, 0.2) is 6.54 Å². The number of carbonyl (C=O) groups excluding carboxylic acids is 2. The molecule has 1 heterocycles. The monoisotopic (exact) mass is 396 g/mol. The van der Waals surface area contributed by atoms with E-state index in [1.165, 1.54) is 4.88 Å². The first kappa shape index (κ1) is 17.7. The van der Waals surface area contributed by atoms with Crippen molar-refractivity contribution in [2.75, 3.05) is 13.1 Å². The van der Waals surface area contributed by atoms with Crippen LogP contribution in [0, 0.1) is 0 Å². The number of rotatable bonds is 6. The van der Waals surface area contributed by atoms with Crippen LogP contribution in [0.15, 0.2) is 46.3 Å². The second-order valence-electron chi connectivity index (χ2n) is 5.02. The lowest BCUT2D eigenvalue weighted by atomic mass is 10.2. The highest BCUT2D eigenvalue weighted by Crippen LogP contribution is 2.15. The van der Waals surface area contributed by atoms with Crippen LogP contribution in [0.5, 0.6) is 0 Å². The summed E-state index contributed by atoms with van der Waals surface area (Å²) in [5, 5.41) is 2.03. The molecule has 2 rings (SSSR count). The van der Waals surface area contributed by atoms with Gasteiger partial charge in [-0.15, -0.1) is 11.3 Å². The Morgan fingerprint density at radius 3 is 2.61 bits per heavy atom. The van der Waals surface area contributed by atoms with E-state index in [0.29, 0.717) is 16.6 Å². The topological polar surface area (TPSA) is 62.6 Å². The van der Waals surface area contributed by atoms with Crippen molar-refractivity contribution in [2.45, 2.75) is 13.5 Å². The van der Waals surface area contributed by atoms with Gasteiger partial charge in [0.05, 0.1) is 17.0 Å². The Kier molecular flexibility index (Phi) is 6.76. The van der Waals surface area contributed by atoms with Crippen molar-refractivity contribution in [1.29, 1.82) is 0 Å². The first-order valence-electron chi connectivity index (χ1n) is 7.29. The summed E-state index contributed by atoms with van der Waals surface area (Å²) in [6, 6.07) is 11.1. The summed E-state index contributed by atoms with van der Waals surface area (Å²) in [5.74, 6) is -0.555. The molecule has 0 saturated carbocycles. The number of quaternary nitrogens is 1. The molecule has 5 nitrogen and oxygen atoms in total. The Balaban J connectivity index is 1.82. The first-order valence-corrected chi connectivity index (χ1v) is 8.97. The number of nitrogens with one attached hydrogen (secondary N) is 3. The number of hydrazine groups is 1. The second kappa shape index (κ2) is 8.81. The summed E-state index contributed by atoms with van der Waals surface area (Å²) in [5.41, 5.74) is 5.40. The molecule has 0 aliphatic carbocycles. The molecule has 1 unspecified atom stereocenters. The van der Waals surface area contributed by atoms with Gasteiger partial charge < -0.3 is 4.90 Å². The van der Waals surface area contributed by atoms with Crippen LogP contribution in [0.25, 0.3) is 0 Å². The van der Waals surface area contributed by atoms with E-state index in [2.05, 4.69) is 32.8 Å². The van der Waals surface area contributed by atoms with E-state index in [1.807, 2.05) is 24.4 Å². The molecule has 0 aliphatic rings. The van der Waals surface area contributed by atoms with E-state index in [9.17, 15) is 9.59 Å². The molecule has 3 N–H and O–H groups in total. The summed E-state index contributed by atoms with van der Waals surface area (Å²) in [7, 11) is 0. The third-order valence-corrected chi connectivity index (χ3v) is 4.92. The number of halogens is 1. The molecule has 0 bridgehead atoms. The van der Waals surface area contributed by atoms with E-state index in [1.54, 1.807) is 29.5 Å². The van der Waals surface area contributed by atoms with E-state index in [4.69, 9.17) is 0 Å². The van der Waals surface area contributed by atoms with Crippen molar-refractivity contribution in [3.8, 4) is 0 Å². The van der Waals surface area contributed by atoms with Crippen LogP contribution in [0.3, 0.4) is 0 Å². The zero-order valence-electron chi connectivity index (χ0n) is 12.8. The summed E-state index contributed by atoms with van der Waals surface area (Å²) >= 11 is 5.00. The van der Waals surface area contributed by atoms with Crippen LogP contribution < -0.4 is 15.8 Å². The van der Waals surface area contributed by atoms with Gasteiger partial charge in [-0.3, -0.25) is 20.4 Å². The number of thiophene rings is 1. The Hall–Kier alpha value is -1.70. The molecular weight excluding hydrogens is 378 g/mol. The van der Waals surface area contributed by atoms with Gasteiger partial charge in [-0.05, 0) is 46.4 Å². The Morgan fingerprint density at radius 1 is 1.17 bits per heavy atom. The van der Waals surface area contributed by atoms with E-state index < -0.39 is 0 Å². The van der Waals surface area contributed by atoms with Crippen LogP contribution in [0.1, 0.15) is 22.2 Å². The summed E-state index contributed by atoms with van der Waals surface area (Å²) in [6.45, 7) is 3.99. The van der Waals surface area contributed by atoms with Gasteiger partial charge in [0.2, 0.25) is 0 Å². The SMILES string of the molecule is CC[NH+](CC(=O)NNC(=O)c1ccccc1Br)Cc1cccs1. The minimum atomic E-state index is -0.345. The summed E-state index contributed by atoms with van der Waals surface area (Å²) in [6.07, 6.45) is 0. The molecule has 7 heteroatoms. The quantitative estimate of drug-likeness (QED) is 0.645. The summed E-state index contributed by atoms with van der Waals surface area (Å²) < 4.78 is 0.685. The van der Waals surface area contributed by atoms with Crippen molar-refractivity contribution < 1.29 is 14.5 Å². The Labute approximate surface area is 147 Å². The molecule has 2 aromatic rings. The standard InChI is InChI=1S/C16H18BrN3O2S/c1-2-20(10-12-6-5-9-23-12)11-15(21)18-19-16(22)13-7-3-4-8-14(13)17/h3-9H,2,10-11H2,1H3,(H,18,21)(H,19,22)/p+1. The van der Waals surface area contributed by atoms with Gasteiger partial charge >= 0.3 is 0 Å². The van der Waals surface area contributed by atoms with Gasteiger partial charge in [-0.25, -0.2) is 0 Å². The molecule has 0 aliphatic heterocycles. The molecule has 1 aromatic carbocycles. The van der Waals surface area contributed by atoms with Crippen molar-refractivity contribution in [3.05, 3.63) is 56.7 Å². The second-order valence-corrected chi connectivity index (χ2v) is 6.91. The fourth-order valence-corrected chi connectivity index (χ4v) is 3.32. The molecule has 1 aromatic heterocycles. The lowest BCUT2D eigenvalue weighted by molar-refractivity contribution is -0.903. The average molecular weight is 397 g/mol. The van der Waals surface area contributed by atoms with Gasteiger partial charge in [0.25, 0.3) is 11.8 Å².